The second-order valence-electron chi connectivity index (χ2n) is 6.22. The summed E-state index contributed by atoms with van der Waals surface area (Å²) in [5.41, 5.74) is 2.09. The third-order valence-corrected chi connectivity index (χ3v) is 4.57. The molecule has 0 spiro atoms. The van der Waals surface area contributed by atoms with Crippen molar-refractivity contribution in [2.45, 2.75) is 19.1 Å². The molecule has 130 valence electrons. The predicted molar refractivity (Wildman–Crippen MR) is 93.7 cm³/mol. The molecule has 1 N–H and O–H groups in total. The number of anilines is 1. The molecule has 0 saturated carbocycles. The number of nitrogens with one attached hydrogen (secondary N) is 1. The van der Waals surface area contributed by atoms with Gasteiger partial charge < -0.3 is 19.7 Å². The van der Waals surface area contributed by atoms with E-state index >= 15 is 0 Å². The van der Waals surface area contributed by atoms with Crippen LogP contribution in [0.1, 0.15) is 11.1 Å². The van der Waals surface area contributed by atoms with Gasteiger partial charge in [-0.25, -0.2) is 4.98 Å². The van der Waals surface area contributed by atoms with Gasteiger partial charge in [-0.1, -0.05) is 24.3 Å². The van der Waals surface area contributed by atoms with Crippen molar-refractivity contribution >= 4 is 11.7 Å². The fourth-order valence-electron chi connectivity index (χ4n) is 3.25. The van der Waals surface area contributed by atoms with E-state index in [4.69, 9.17) is 9.47 Å². The molecule has 4 rings (SSSR count). The summed E-state index contributed by atoms with van der Waals surface area (Å²) in [6.45, 7) is 3.49. The van der Waals surface area contributed by atoms with Gasteiger partial charge in [-0.3, -0.25) is 4.79 Å². The van der Waals surface area contributed by atoms with Gasteiger partial charge in [-0.15, -0.1) is 0 Å². The maximum absolute atomic E-state index is 12.5. The lowest BCUT2D eigenvalue weighted by Gasteiger charge is -2.29. The van der Waals surface area contributed by atoms with Crippen molar-refractivity contribution in [1.82, 2.24) is 10.3 Å². The van der Waals surface area contributed by atoms with Gasteiger partial charge in [0.05, 0.1) is 13.2 Å². The Labute approximate surface area is 146 Å². The van der Waals surface area contributed by atoms with Gasteiger partial charge in [0.15, 0.2) is 6.10 Å². The van der Waals surface area contributed by atoms with Crippen LogP contribution in [0.15, 0.2) is 42.6 Å². The van der Waals surface area contributed by atoms with Crippen molar-refractivity contribution in [3.05, 3.63) is 53.7 Å². The average molecular weight is 339 g/mol. The number of fused-ring (bicyclic) bond motifs is 1. The second kappa shape index (κ2) is 7.11. The topological polar surface area (TPSA) is 63.7 Å². The van der Waals surface area contributed by atoms with Crippen LogP contribution in [0.4, 0.5) is 5.82 Å². The van der Waals surface area contributed by atoms with E-state index in [0.29, 0.717) is 26.2 Å². The lowest BCUT2D eigenvalue weighted by atomic mass is 10.1. The van der Waals surface area contributed by atoms with Crippen molar-refractivity contribution in [2.24, 2.45) is 0 Å². The fourth-order valence-corrected chi connectivity index (χ4v) is 3.25. The Balaban J connectivity index is 1.39. The minimum Gasteiger partial charge on any atom is -0.480 e. The van der Waals surface area contributed by atoms with E-state index in [2.05, 4.69) is 15.2 Å². The number of nitrogens with zero attached hydrogens (tertiary/aromatic N) is 2. The predicted octanol–water partition coefficient (Wildman–Crippen LogP) is 1.54. The minimum absolute atomic E-state index is 0.0898. The van der Waals surface area contributed by atoms with Crippen LogP contribution < -0.4 is 15.0 Å². The molecule has 1 fully saturated rings. The van der Waals surface area contributed by atoms with Gasteiger partial charge in [0.1, 0.15) is 11.6 Å². The highest BCUT2D eigenvalue weighted by molar-refractivity contribution is 5.82. The zero-order valence-electron chi connectivity index (χ0n) is 14.0. The number of hydrogen-bond acceptors (Lipinski definition) is 5. The summed E-state index contributed by atoms with van der Waals surface area (Å²) in [5.74, 6) is 1.63. The van der Waals surface area contributed by atoms with Crippen LogP contribution in [0.25, 0.3) is 0 Å². The molecule has 1 atom stereocenters. The molecule has 2 aliphatic heterocycles. The molecule has 25 heavy (non-hydrogen) atoms. The Morgan fingerprint density at radius 2 is 2.04 bits per heavy atom. The van der Waals surface area contributed by atoms with Crippen molar-refractivity contribution in [1.29, 1.82) is 0 Å². The maximum atomic E-state index is 12.5. The highest BCUT2D eigenvalue weighted by atomic mass is 16.5. The molecule has 2 aliphatic rings. The highest BCUT2D eigenvalue weighted by Gasteiger charge is 2.28. The second-order valence-corrected chi connectivity index (χ2v) is 6.22. The van der Waals surface area contributed by atoms with Crippen LogP contribution in [0, 0.1) is 0 Å². The lowest BCUT2D eigenvalue weighted by Crippen LogP contribution is -2.39. The summed E-state index contributed by atoms with van der Waals surface area (Å²) in [6.07, 6.45) is 1.94. The summed E-state index contributed by atoms with van der Waals surface area (Å²) in [7, 11) is 0. The normalized spacial score (nSPS) is 19.2. The number of pyridine rings is 1. The summed E-state index contributed by atoms with van der Waals surface area (Å²) in [4.78, 5) is 19.2. The maximum Gasteiger partial charge on any atom is 0.261 e. The van der Waals surface area contributed by atoms with E-state index in [-0.39, 0.29) is 5.91 Å². The number of benzene rings is 1. The van der Waals surface area contributed by atoms with Crippen LogP contribution in [-0.2, 0) is 22.5 Å². The molecule has 6 nitrogen and oxygen atoms in total. The summed E-state index contributed by atoms with van der Waals surface area (Å²) < 4.78 is 11.2. The molecule has 1 aromatic carbocycles. The first-order valence-corrected chi connectivity index (χ1v) is 8.60. The molecule has 3 heterocycles. The Morgan fingerprint density at radius 3 is 2.88 bits per heavy atom. The van der Waals surface area contributed by atoms with Crippen molar-refractivity contribution in [3.63, 3.8) is 0 Å². The van der Waals surface area contributed by atoms with E-state index < -0.39 is 6.10 Å². The lowest BCUT2D eigenvalue weighted by molar-refractivity contribution is -0.127. The number of hydrogen-bond donors (Lipinski definition) is 1. The summed E-state index contributed by atoms with van der Waals surface area (Å²) in [6, 6.07) is 11.7. The third-order valence-electron chi connectivity index (χ3n) is 4.57. The molecule has 1 amide bonds. The number of para-hydroxylation sites is 1. The third kappa shape index (κ3) is 3.44. The standard InChI is InChI=1S/C19H21N3O3/c23-19(17-12-14-4-1-2-6-16(14)25-17)21-13-15-5-3-7-20-18(15)22-8-10-24-11-9-22/h1-7,17H,8-13H2,(H,21,23)/t17-/m1/s1. The Kier molecular flexibility index (Phi) is 4.52. The van der Waals surface area contributed by atoms with Crippen LogP contribution >= 0.6 is 0 Å². The van der Waals surface area contributed by atoms with E-state index in [9.17, 15) is 4.79 Å². The molecule has 1 aromatic heterocycles. The highest BCUT2D eigenvalue weighted by Crippen LogP contribution is 2.28. The van der Waals surface area contributed by atoms with Gasteiger partial charge >= 0.3 is 0 Å². The Bertz CT molecular complexity index is 734. The van der Waals surface area contributed by atoms with Gasteiger partial charge in [0.25, 0.3) is 5.91 Å². The van der Waals surface area contributed by atoms with Crippen LogP contribution in [-0.4, -0.2) is 43.3 Å². The van der Waals surface area contributed by atoms with Crippen LogP contribution in [0.5, 0.6) is 5.75 Å². The monoisotopic (exact) mass is 339 g/mol. The number of aromatic nitrogens is 1. The molecule has 6 heteroatoms. The van der Waals surface area contributed by atoms with Crippen LogP contribution in [0.3, 0.4) is 0 Å². The van der Waals surface area contributed by atoms with Gasteiger partial charge in [0.2, 0.25) is 0 Å². The SMILES string of the molecule is O=C(NCc1cccnc1N1CCOCC1)[C@H]1Cc2ccccc2O1. The molecular weight excluding hydrogens is 318 g/mol. The fraction of sp³-hybridized carbons (Fsp3) is 0.368. The average Bonchev–Trinajstić information content (AvgIpc) is 3.11. The summed E-state index contributed by atoms with van der Waals surface area (Å²) in [5, 5.41) is 2.99. The van der Waals surface area contributed by atoms with E-state index in [1.165, 1.54) is 0 Å². The molecular formula is C19H21N3O3. The molecule has 0 radical (unpaired) electrons. The smallest absolute Gasteiger partial charge is 0.261 e. The first kappa shape index (κ1) is 15.9. The van der Waals surface area contributed by atoms with Crippen molar-refractivity contribution in [2.75, 3.05) is 31.2 Å². The number of carbonyl (C=O) groups excluding carboxylic acids is 1. The Morgan fingerprint density at radius 1 is 1.20 bits per heavy atom. The Hall–Kier alpha value is -2.60. The van der Waals surface area contributed by atoms with Crippen LogP contribution in [0.2, 0.25) is 0 Å². The zero-order valence-corrected chi connectivity index (χ0v) is 14.0. The molecule has 0 bridgehead atoms. The van der Waals surface area contributed by atoms with Gasteiger partial charge in [-0.2, -0.15) is 0 Å². The van der Waals surface area contributed by atoms with E-state index in [1.807, 2.05) is 36.4 Å². The van der Waals surface area contributed by atoms with Crippen molar-refractivity contribution < 1.29 is 14.3 Å². The van der Waals surface area contributed by atoms with Gasteiger partial charge in [-0.05, 0) is 17.7 Å². The zero-order chi connectivity index (χ0) is 17.1. The minimum atomic E-state index is -0.457. The molecule has 0 unspecified atom stereocenters. The largest absolute Gasteiger partial charge is 0.480 e. The van der Waals surface area contributed by atoms with E-state index in [1.54, 1.807) is 6.20 Å². The number of amides is 1. The number of carbonyl (C=O) groups is 1. The number of morpholine rings is 1. The molecule has 0 aliphatic carbocycles. The summed E-state index contributed by atoms with van der Waals surface area (Å²) >= 11 is 0. The first-order chi connectivity index (χ1) is 12.3. The van der Waals surface area contributed by atoms with E-state index in [0.717, 1.165) is 35.8 Å². The molecule has 2 aromatic rings. The number of ether oxygens (including phenoxy) is 2. The van der Waals surface area contributed by atoms with Gasteiger partial charge in [0, 0.05) is 37.8 Å². The van der Waals surface area contributed by atoms with Crippen molar-refractivity contribution in [3.8, 4) is 5.75 Å². The quantitative estimate of drug-likeness (QED) is 0.915. The molecule has 1 saturated heterocycles. The number of rotatable bonds is 4. The first-order valence-electron chi connectivity index (χ1n) is 8.60.